The number of hydrogen-bond donors (Lipinski definition) is 1. The van der Waals surface area contributed by atoms with Crippen molar-refractivity contribution in [2.75, 3.05) is 31.0 Å². The van der Waals surface area contributed by atoms with Crippen molar-refractivity contribution in [3.63, 3.8) is 0 Å². The minimum Gasteiger partial charge on any atom is -0.379 e. The summed E-state index contributed by atoms with van der Waals surface area (Å²) in [5, 5.41) is 0. The van der Waals surface area contributed by atoms with Crippen LogP contribution in [0, 0.1) is 0 Å². The molecule has 1 aromatic rings. The molecule has 1 saturated heterocycles. The van der Waals surface area contributed by atoms with Crippen molar-refractivity contribution in [2.24, 2.45) is 0 Å². The van der Waals surface area contributed by atoms with Crippen molar-refractivity contribution in [1.82, 2.24) is 9.29 Å². The van der Waals surface area contributed by atoms with Crippen molar-refractivity contribution >= 4 is 32.0 Å². The molecule has 1 N–H and O–H groups in total. The Labute approximate surface area is 108 Å². The highest BCUT2D eigenvalue weighted by Crippen LogP contribution is 2.20. The Kier molecular flexibility index (Phi) is 3.97. The van der Waals surface area contributed by atoms with E-state index in [1.54, 1.807) is 12.1 Å². The molecule has 6 nitrogen and oxygen atoms in total. The van der Waals surface area contributed by atoms with Crippen molar-refractivity contribution in [1.29, 1.82) is 0 Å². The van der Waals surface area contributed by atoms with Gasteiger partial charge in [-0.3, -0.25) is 4.72 Å². The summed E-state index contributed by atoms with van der Waals surface area (Å²) in [5.41, 5.74) is 0. The maximum Gasteiger partial charge on any atom is 0.302 e. The Morgan fingerprint density at radius 2 is 2.12 bits per heavy atom. The van der Waals surface area contributed by atoms with Crippen LogP contribution in [0.3, 0.4) is 0 Å². The summed E-state index contributed by atoms with van der Waals surface area (Å²) in [7, 11) is -3.55. The van der Waals surface area contributed by atoms with Crippen molar-refractivity contribution in [3.05, 3.63) is 22.8 Å². The second kappa shape index (κ2) is 5.30. The molecule has 0 atom stereocenters. The normalized spacial score (nSPS) is 17.9. The number of halogens is 1. The second-order valence-electron chi connectivity index (χ2n) is 3.45. The maximum atomic E-state index is 12.0. The third-order valence-corrected chi connectivity index (χ3v) is 4.43. The summed E-state index contributed by atoms with van der Waals surface area (Å²) < 4.78 is 33.5. The first kappa shape index (κ1) is 12.7. The number of nitrogens with zero attached hydrogens (tertiary/aromatic N) is 2. The topological polar surface area (TPSA) is 71.5 Å². The quantitative estimate of drug-likeness (QED) is 0.895. The average molecular weight is 322 g/mol. The van der Waals surface area contributed by atoms with Crippen LogP contribution >= 0.6 is 15.9 Å². The van der Waals surface area contributed by atoms with Gasteiger partial charge in [-0.25, -0.2) is 4.98 Å². The predicted octanol–water partition coefficient (Wildman–Crippen LogP) is 0.833. The first-order valence-electron chi connectivity index (χ1n) is 5.06. The van der Waals surface area contributed by atoms with E-state index in [0.29, 0.717) is 36.6 Å². The SMILES string of the molecule is O=S(=O)(Nc1ncccc1Br)N1CCOCC1. The lowest BCUT2D eigenvalue weighted by Crippen LogP contribution is -2.43. The standard InChI is InChI=1S/C9H12BrN3O3S/c10-8-2-1-3-11-9(8)12-17(14,15)13-4-6-16-7-5-13/h1-3H,4-7H2,(H,11,12). The van der Waals surface area contributed by atoms with Crippen LogP contribution in [-0.4, -0.2) is 44.0 Å². The van der Waals surface area contributed by atoms with Gasteiger partial charge < -0.3 is 4.74 Å². The lowest BCUT2D eigenvalue weighted by Gasteiger charge is -2.26. The van der Waals surface area contributed by atoms with Crippen molar-refractivity contribution in [2.45, 2.75) is 0 Å². The molecule has 0 unspecified atom stereocenters. The number of aromatic nitrogens is 1. The molecule has 0 aromatic carbocycles. The summed E-state index contributed by atoms with van der Waals surface area (Å²) in [6.07, 6.45) is 1.53. The van der Waals surface area contributed by atoms with E-state index in [0.717, 1.165) is 0 Å². The fourth-order valence-corrected chi connectivity index (χ4v) is 3.09. The molecular weight excluding hydrogens is 310 g/mol. The Balaban J connectivity index is 2.14. The van der Waals surface area contributed by atoms with Crippen LogP contribution in [0.15, 0.2) is 22.8 Å². The average Bonchev–Trinajstić information content (AvgIpc) is 2.33. The van der Waals surface area contributed by atoms with E-state index in [1.165, 1.54) is 10.5 Å². The predicted molar refractivity (Wildman–Crippen MR) is 66.9 cm³/mol. The molecule has 2 rings (SSSR count). The van der Waals surface area contributed by atoms with E-state index >= 15 is 0 Å². The van der Waals surface area contributed by atoms with Gasteiger partial charge in [-0.05, 0) is 28.1 Å². The second-order valence-corrected chi connectivity index (χ2v) is 5.98. The molecule has 2 heterocycles. The lowest BCUT2D eigenvalue weighted by molar-refractivity contribution is 0.0733. The zero-order chi connectivity index (χ0) is 12.3. The highest BCUT2D eigenvalue weighted by molar-refractivity contribution is 9.10. The third kappa shape index (κ3) is 3.15. The molecule has 0 amide bonds. The summed E-state index contributed by atoms with van der Waals surface area (Å²) in [6.45, 7) is 1.56. The van der Waals surface area contributed by atoms with Crippen LogP contribution in [0.4, 0.5) is 5.82 Å². The summed E-state index contributed by atoms with van der Waals surface area (Å²) in [5.74, 6) is 0.291. The van der Waals surface area contributed by atoms with Gasteiger partial charge in [0.25, 0.3) is 0 Å². The van der Waals surface area contributed by atoms with E-state index < -0.39 is 10.2 Å². The number of anilines is 1. The number of morpholine rings is 1. The fraction of sp³-hybridized carbons (Fsp3) is 0.444. The van der Waals surface area contributed by atoms with Gasteiger partial charge >= 0.3 is 10.2 Å². The zero-order valence-electron chi connectivity index (χ0n) is 8.97. The molecule has 8 heteroatoms. The van der Waals surface area contributed by atoms with Crippen LogP contribution in [0.2, 0.25) is 0 Å². The maximum absolute atomic E-state index is 12.0. The van der Waals surface area contributed by atoms with Gasteiger partial charge in [-0.1, -0.05) is 0 Å². The molecular formula is C9H12BrN3O3S. The van der Waals surface area contributed by atoms with Crippen LogP contribution in [0.1, 0.15) is 0 Å². The Bertz CT molecular complexity index is 488. The Morgan fingerprint density at radius 3 is 2.76 bits per heavy atom. The molecule has 1 fully saturated rings. The molecule has 0 spiro atoms. The van der Waals surface area contributed by atoms with Crippen LogP contribution in [0.25, 0.3) is 0 Å². The highest BCUT2D eigenvalue weighted by atomic mass is 79.9. The van der Waals surface area contributed by atoms with Crippen molar-refractivity contribution < 1.29 is 13.2 Å². The van der Waals surface area contributed by atoms with Gasteiger partial charge in [0.1, 0.15) is 0 Å². The highest BCUT2D eigenvalue weighted by Gasteiger charge is 2.24. The van der Waals surface area contributed by atoms with Gasteiger partial charge in [0.2, 0.25) is 0 Å². The van der Waals surface area contributed by atoms with E-state index in [9.17, 15) is 8.42 Å². The number of hydrogen-bond acceptors (Lipinski definition) is 4. The largest absolute Gasteiger partial charge is 0.379 e. The Morgan fingerprint density at radius 1 is 1.41 bits per heavy atom. The van der Waals surface area contributed by atoms with Gasteiger partial charge in [-0.15, -0.1) is 0 Å². The first-order valence-corrected chi connectivity index (χ1v) is 7.29. The molecule has 0 saturated carbocycles. The summed E-state index contributed by atoms with van der Waals surface area (Å²) in [6, 6.07) is 3.45. The van der Waals surface area contributed by atoms with Gasteiger partial charge in [0.05, 0.1) is 17.7 Å². The van der Waals surface area contributed by atoms with Gasteiger partial charge in [-0.2, -0.15) is 12.7 Å². The molecule has 0 aliphatic carbocycles. The minimum atomic E-state index is -3.55. The molecule has 94 valence electrons. The van der Waals surface area contributed by atoms with E-state index in [2.05, 4.69) is 25.6 Å². The van der Waals surface area contributed by atoms with E-state index in [-0.39, 0.29) is 0 Å². The zero-order valence-corrected chi connectivity index (χ0v) is 11.4. The molecule has 17 heavy (non-hydrogen) atoms. The minimum absolute atomic E-state index is 0.291. The van der Waals surface area contributed by atoms with Gasteiger partial charge in [0.15, 0.2) is 5.82 Å². The number of pyridine rings is 1. The monoisotopic (exact) mass is 321 g/mol. The summed E-state index contributed by atoms with van der Waals surface area (Å²) >= 11 is 3.24. The fourth-order valence-electron chi connectivity index (χ4n) is 1.43. The first-order chi connectivity index (χ1) is 8.09. The number of nitrogens with one attached hydrogen (secondary N) is 1. The van der Waals surface area contributed by atoms with E-state index in [1.807, 2.05) is 0 Å². The molecule has 0 radical (unpaired) electrons. The molecule has 1 aromatic heterocycles. The summed E-state index contributed by atoms with van der Waals surface area (Å²) in [4.78, 5) is 3.96. The molecule has 0 bridgehead atoms. The van der Waals surface area contributed by atoms with Crippen molar-refractivity contribution in [3.8, 4) is 0 Å². The molecule has 1 aliphatic heterocycles. The van der Waals surface area contributed by atoms with E-state index in [4.69, 9.17) is 4.74 Å². The third-order valence-electron chi connectivity index (χ3n) is 2.29. The van der Waals surface area contributed by atoms with Gasteiger partial charge in [0, 0.05) is 19.3 Å². The van der Waals surface area contributed by atoms with Crippen LogP contribution < -0.4 is 4.72 Å². The van der Waals surface area contributed by atoms with Crippen LogP contribution in [0.5, 0.6) is 0 Å². The smallest absolute Gasteiger partial charge is 0.302 e. The lowest BCUT2D eigenvalue weighted by atomic mass is 10.5. The number of rotatable bonds is 3. The van der Waals surface area contributed by atoms with Crippen LogP contribution in [-0.2, 0) is 14.9 Å². The Hall–Kier alpha value is -0.700. The number of ether oxygens (including phenoxy) is 1. The molecule has 1 aliphatic rings.